The molecule has 7 nitrogen and oxygen atoms in total. The Kier molecular flexibility index (Phi) is 5.02. The molecule has 7 atom stereocenters. The molecule has 1 aliphatic heterocycles. The van der Waals surface area contributed by atoms with Gasteiger partial charge in [0.25, 0.3) is 0 Å². The van der Waals surface area contributed by atoms with Crippen LogP contribution in [0.3, 0.4) is 0 Å². The fourth-order valence-electron chi connectivity index (χ4n) is 6.89. The number of allylic oxidation sites excluding steroid dienone is 1. The summed E-state index contributed by atoms with van der Waals surface area (Å²) in [6, 6.07) is 0. The smallest absolute Gasteiger partial charge is 0.303 e. The SMILES string of the molecule is C=C1[C@@H](OC(C)=O)CC[C@@]2(C)C[C@@H]3O[C@@]34C(CO)=CC(=O)[C@@H]([C@@H](OC(C)=O)[C@H]12)C4(C)C. The van der Waals surface area contributed by atoms with Gasteiger partial charge in [-0.3, -0.25) is 14.4 Å². The van der Waals surface area contributed by atoms with Crippen molar-refractivity contribution in [3.63, 3.8) is 0 Å². The number of hydrogen-bond donors (Lipinski definition) is 1. The van der Waals surface area contributed by atoms with Crippen molar-refractivity contribution in [2.24, 2.45) is 22.7 Å². The molecular formula is C24H32O7. The Morgan fingerprint density at radius 2 is 1.84 bits per heavy atom. The van der Waals surface area contributed by atoms with E-state index in [2.05, 4.69) is 13.5 Å². The van der Waals surface area contributed by atoms with Gasteiger partial charge in [0.15, 0.2) is 5.78 Å². The molecule has 0 aromatic carbocycles. The maximum Gasteiger partial charge on any atom is 0.303 e. The number of carbonyl (C=O) groups excluding carboxylic acids is 3. The Morgan fingerprint density at radius 1 is 1.19 bits per heavy atom. The van der Waals surface area contributed by atoms with E-state index in [0.29, 0.717) is 30.4 Å². The molecule has 1 N–H and O–H groups in total. The first-order chi connectivity index (χ1) is 14.4. The summed E-state index contributed by atoms with van der Waals surface area (Å²) in [7, 11) is 0. The van der Waals surface area contributed by atoms with Gasteiger partial charge in [0.1, 0.15) is 17.8 Å². The van der Waals surface area contributed by atoms with Gasteiger partial charge in [-0.1, -0.05) is 27.4 Å². The number of esters is 2. The van der Waals surface area contributed by atoms with Gasteiger partial charge in [-0.25, -0.2) is 0 Å². The van der Waals surface area contributed by atoms with Gasteiger partial charge in [0.05, 0.1) is 18.6 Å². The standard InChI is InChI=1S/C24H32O7/c1-12-17(29-13(2)26)7-8-23(6)10-18-24(31-18)15(11-25)9-16(28)20(22(24,4)5)21(19(12)23)30-14(3)27/h9,17-21,25H,1,7-8,10-11H2,2-6H3/t17-,18-,19-,20-,21-,23-,24-/m0/s1. The first-order valence-electron chi connectivity index (χ1n) is 11.0. The van der Waals surface area contributed by atoms with Gasteiger partial charge in [-0.2, -0.15) is 0 Å². The molecule has 1 heterocycles. The maximum atomic E-state index is 13.4. The van der Waals surface area contributed by atoms with E-state index in [4.69, 9.17) is 14.2 Å². The topological polar surface area (TPSA) is 102 Å². The Labute approximate surface area is 182 Å². The Balaban J connectivity index is 1.88. The van der Waals surface area contributed by atoms with Crippen molar-refractivity contribution >= 4 is 17.7 Å². The van der Waals surface area contributed by atoms with E-state index in [9.17, 15) is 19.5 Å². The molecule has 1 saturated heterocycles. The number of rotatable bonds is 3. The predicted octanol–water partition coefficient (Wildman–Crippen LogP) is 2.51. The fourth-order valence-corrected chi connectivity index (χ4v) is 6.89. The zero-order valence-electron chi connectivity index (χ0n) is 18.9. The molecule has 4 aliphatic rings. The summed E-state index contributed by atoms with van der Waals surface area (Å²) in [4.78, 5) is 37.3. The molecule has 7 heteroatoms. The van der Waals surface area contributed by atoms with Gasteiger partial charge in [0, 0.05) is 25.2 Å². The van der Waals surface area contributed by atoms with Crippen LogP contribution in [0.15, 0.2) is 23.8 Å². The first kappa shape index (κ1) is 22.2. The van der Waals surface area contributed by atoms with Gasteiger partial charge >= 0.3 is 11.9 Å². The van der Waals surface area contributed by atoms with Gasteiger partial charge in [0.2, 0.25) is 0 Å². The second-order valence-electron chi connectivity index (χ2n) is 10.4. The average Bonchev–Trinajstić information content (AvgIpc) is 3.34. The maximum absolute atomic E-state index is 13.4. The van der Waals surface area contributed by atoms with E-state index in [1.165, 1.54) is 19.9 Å². The lowest BCUT2D eigenvalue weighted by atomic mass is 9.49. The molecule has 3 aliphatic carbocycles. The van der Waals surface area contributed by atoms with E-state index in [1.54, 1.807) is 0 Å². The number of ketones is 1. The molecule has 0 aromatic rings. The van der Waals surface area contributed by atoms with E-state index in [-0.39, 0.29) is 29.8 Å². The number of carbonyl (C=O) groups is 3. The minimum atomic E-state index is -0.769. The van der Waals surface area contributed by atoms with Crippen LogP contribution in [0.4, 0.5) is 0 Å². The minimum Gasteiger partial charge on any atom is -0.461 e. The van der Waals surface area contributed by atoms with Gasteiger partial charge < -0.3 is 19.3 Å². The Hall–Kier alpha value is -1.99. The third kappa shape index (κ3) is 3.04. The molecule has 1 spiro atoms. The number of ether oxygens (including phenoxy) is 3. The molecule has 0 amide bonds. The Bertz CT molecular complexity index is 886. The highest BCUT2D eigenvalue weighted by Gasteiger charge is 2.76. The molecule has 0 aromatic heterocycles. The van der Waals surface area contributed by atoms with Crippen molar-refractivity contribution in [3.8, 4) is 0 Å². The van der Waals surface area contributed by atoms with E-state index in [0.717, 1.165) is 0 Å². The number of epoxide rings is 1. The third-order valence-corrected chi connectivity index (χ3v) is 8.19. The Morgan fingerprint density at radius 3 is 2.42 bits per heavy atom. The van der Waals surface area contributed by atoms with Crippen LogP contribution in [0.1, 0.15) is 53.9 Å². The zero-order chi connectivity index (χ0) is 22.9. The van der Waals surface area contributed by atoms with Crippen LogP contribution in [-0.4, -0.2) is 53.3 Å². The molecule has 2 saturated carbocycles. The van der Waals surface area contributed by atoms with Crippen LogP contribution >= 0.6 is 0 Å². The lowest BCUT2D eigenvalue weighted by Crippen LogP contribution is -2.61. The van der Waals surface area contributed by atoms with Crippen LogP contribution in [0.2, 0.25) is 0 Å². The summed E-state index contributed by atoms with van der Waals surface area (Å²) in [5, 5.41) is 10.0. The van der Waals surface area contributed by atoms with Crippen molar-refractivity contribution in [1.82, 2.24) is 0 Å². The van der Waals surface area contributed by atoms with Crippen molar-refractivity contribution in [3.05, 3.63) is 23.8 Å². The second kappa shape index (κ2) is 7.01. The lowest BCUT2D eigenvalue weighted by molar-refractivity contribution is -0.170. The number of hydrogen-bond acceptors (Lipinski definition) is 7. The van der Waals surface area contributed by atoms with Crippen molar-refractivity contribution in [1.29, 1.82) is 0 Å². The summed E-state index contributed by atoms with van der Waals surface area (Å²) >= 11 is 0. The monoisotopic (exact) mass is 432 g/mol. The number of fused-ring (bicyclic) bond motifs is 2. The van der Waals surface area contributed by atoms with Crippen LogP contribution in [-0.2, 0) is 28.6 Å². The second-order valence-corrected chi connectivity index (χ2v) is 10.4. The van der Waals surface area contributed by atoms with Crippen LogP contribution in [0.25, 0.3) is 0 Å². The van der Waals surface area contributed by atoms with Crippen molar-refractivity contribution in [2.45, 2.75) is 77.8 Å². The summed E-state index contributed by atoms with van der Waals surface area (Å²) < 4.78 is 17.8. The van der Waals surface area contributed by atoms with E-state index >= 15 is 0 Å². The van der Waals surface area contributed by atoms with E-state index in [1.807, 2.05) is 13.8 Å². The molecule has 3 fully saturated rings. The third-order valence-electron chi connectivity index (χ3n) is 8.19. The molecule has 0 unspecified atom stereocenters. The molecular weight excluding hydrogens is 400 g/mol. The quantitative estimate of drug-likeness (QED) is 0.415. The average molecular weight is 433 g/mol. The molecule has 31 heavy (non-hydrogen) atoms. The lowest BCUT2D eigenvalue weighted by Gasteiger charge is -2.55. The number of aliphatic hydroxyl groups is 1. The first-order valence-corrected chi connectivity index (χ1v) is 11.0. The highest BCUT2D eigenvalue weighted by molar-refractivity contribution is 5.96. The molecule has 4 rings (SSSR count). The minimum absolute atomic E-state index is 0.152. The van der Waals surface area contributed by atoms with E-state index < -0.39 is 41.1 Å². The normalized spacial score (nSPS) is 42.9. The highest BCUT2D eigenvalue weighted by Crippen LogP contribution is 2.68. The zero-order valence-corrected chi connectivity index (χ0v) is 18.9. The highest BCUT2D eigenvalue weighted by atomic mass is 16.6. The summed E-state index contributed by atoms with van der Waals surface area (Å²) in [6.07, 6.45) is 2.07. The van der Waals surface area contributed by atoms with Crippen LogP contribution in [0.5, 0.6) is 0 Å². The predicted molar refractivity (Wildman–Crippen MR) is 111 cm³/mol. The number of aliphatic hydroxyl groups excluding tert-OH is 1. The van der Waals surface area contributed by atoms with Gasteiger partial charge in [-0.05, 0) is 41.9 Å². The van der Waals surface area contributed by atoms with Crippen molar-refractivity contribution in [2.75, 3.05) is 6.61 Å². The fraction of sp³-hybridized carbons (Fsp3) is 0.708. The summed E-state index contributed by atoms with van der Waals surface area (Å²) in [5.41, 5.74) is -0.547. The van der Waals surface area contributed by atoms with Gasteiger partial charge in [-0.15, -0.1) is 0 Å². The largest absolute Gasteiger partial charge is 0.461 e. The molecule has 170 valence electrons. The van der Waals surface area contributed by atoms with Crippen LogP contribution < -0.4 is 0 Å². The summed E-state index contributed by atoms with van der Waals surface area (Å²) in [5.74, 6) is -2.09. The summed E-state index contributed by atoms with van der Waals surface area (Å²) in [6.45, 7) is 12.7. The molecule has 0 radical (unpaired) electrons. The van der Waals surface area contributed by atoms with Crippen molar-refractivity contribution < 1.29 is 33.7 Å². The molecule has 2 bridgehead atoms. The van der Waals surface area contributed by atoms with Crippen LogP contribution in [0, 0.1) is 22.7 Å².